The number of imide groups is 1. The molecule has 4 aliphatic rings. The van der Waals surface area contributed by atoms with Crippen LogP contribution in [-0.4, -0.2) is 29.7 Å². The summed E-state index contributed by atoms with van der Waals surface area (Å²) < 4.78 is 14.3. The summed E-state index contributed by atoms with van der Waals surface area (Å²) >= 11 is 1.26. The van der Waals surface area contributed by atoms with E-state index in [-0.39, 0.29) is 17.0 Å². The molecular formula is C24H21FN5O4S+. The average molecular weight is 495 g/mol. The van der Waals surface area contributed by atoms with Crippen LogP contribution in [0.1, 0.15) is 40.8 Å². The maximum Gasteiger partial charge on any atom is 0.291 e. The van der Waals surface area contributed by atoms with Crippen LogP contribution in [0.2, 0.25) is 0 Å². The van der Waals surface area contributed by atoms with Crippen LogP contribution in [0.3, 0.4) is 0 Å². The van der Waals surface area contributed by atoms with Crippen LogP contribution < -0.4 is 21.3 Å². The summed E-state index contributed by atoms with van der Waals surface area (Å²) in [7, 11) is 0. The minimum absolute atomic E-state index is 0.236. The number of anilines is 2. The van der Waals surface area contributed by atoms with Crippen LogP contribution in [0.25, 0.3) is 0 Å². The Kier molecular flexibility index (Phi) is 4.65. The van der Waals surface area contributed by atoms with Gasteiger partial charge in [-0.1, -0.05) is 0 Å². The van der Waals surface area contributed by atoms with Gasteiger partial charge in [-0.05, 0) is 49.4 Å². The van der Waals surface area contributed by atoms with Gasteiger partial charge in [0.1, 0.15) is 34.8 Å². The second kappa shape index (κ2) is 7.44. The number of primary amides is 1. The number of hydrogen-bond donors (Lipinski definition) is 3. The fourth-order valence-electron chi connectivity index (χ4n) is 6.38. The molecule has 1 aliphatic carbocycles. The average Bonchev–Trinajstić information content (AvgIpc) is 3.50. The number of nitrogens with zero attached hydrogens (tertiary/aromatic N) is 2. The highest BCUT2D eigenvalue weighted by molar-refractivity contribution is 7.17. The van der Waals surface area contributed by atoms with E-state index in [1.54, 1.807) is 0 Å². The number of aryl methyl sites for hydroxylation is 1. The zero-order valence-corrected chi connectivity index (χ0v) is 19.3. The van der Waals surface area contributed by atoms with Gasteiger partial charge in [0.2, 0.25) is 23.3 Å². The number of hydrogen-bond acceptors (Lipinski definition) is 6. The van der Waals surface area contributed by atoms with Crippen LogP contribution in [0.15, 0.2) is 18.2 Å². The van der Waals surface area contributed by atoms with E-state index < -0.39 is 52.9 Å². The quantitative estimate of drug-likeness (QED) is 0.528. The first-order chi connectivity index (χ1) is 16.8. The first-order valence-electron chi connectivity index (χ1n) is 11.5. The van der Waals surface area contributed by atoms with Crippen LogP contribution in [0.4, 0.5) is 15.1 Å². The summed E-state index contributed by atoms with van der Waals surface area (Å²) in [5, 5.41) is 14.4. The van der Waals surface area contributed by atoms with Crippen LogP contribution >= 0.6 is 11.3 Å². The first-order valence-corrected chi connectivity index (χ1v) is 12.3. The third kappa shape index (κ3) is 2.81. The molecule has 5 N–H and O–H groups in total. The lowest BCUT2D eigenvalue weighted by molar-refractivity contribution is -0.732. The monoisotopic (exact) mass is 494 g/mol. The maximum atomic E-state index is 14.3. The number of nitriles is 1. The Morgan fingerprint density at radius 3 is 2.80 bits per heavy atom. The Morgan fingerprint density at radius 1 is 1.29 bits per heavy atom. The predicted molar refractivity (Wildman–Crippen MR) is 121 cm³/mol. The van der Waals surface area contributed by atoms with Crippen molar-refractivity contribution in [2.75, 3.05) is 10.2 Å². The van der Waals surface area contributed by atoms with Crippen LogP contribution in [-0.2, 0) is 37.6 Å². The number of quaternary nitrogens is 1. The fourth-order valence-corrected chi connectivity index (χ4v) is 7.73. The molecule has 9 nitrogen and oxygen atoms in total. The summed E-state index contributed by atoms with van der Waals surface area (Å²) in [5.74, 6) is -5.20. The van der Waals surface area contributed by atoms with Gasteiger partial charge in [0, 0.05) is 10.4 Å². The Bertz CT molecular complexity index is 1400. The topological polar surface area (TPSA) is 150 Å². The molecule has 0 bridgehead atoms. The maximum absolute atomic E-state index is 14.3. The highest BCUT2D eigenvalue weighted by Crippen LogP contribution is 2.52. The summed E-state index contributed by atoms with van der Waals surface area (Å²) in [4.78, 5) is 55.1. The Hall–Kier alpha value is -3.62. The molecule has 2 saturated heterocycles. The lowest BCUT2D eigenvalue weighted by Crippen LogP contribution is -2.99. The fraction of sp³-hybridized carbons (Fsp3) is 0.375. The van der Waals surface area contributed by atoms with Crippen molar-refractivity contribution in [2.45, 2.75) is 43.7 Å². The molecule has 0 unspecified atom stereocenters. The van der Waals surface area contributed by atoms with Gasteiger partial charge in [0.15, 0.2) is 0 Å². The second-order valence-electron chi connectivity index (χ2n) is 9.53. The van der Waals surface area contributed by atoms with Gasteiger partial charge in [-0.2, -0.15) is 5.26 Å². The number of benzene rings is 1. The predicted octanol–water partition coefficient (Wildman–Crippen LogP) is 0.412. The SMILES string of the molecule is N#Cc1c(N2C(=O)[C@@H]3[C@H](CC(N)=O)[NH2+][C@@]4(C(=O)Nc5ccc(F)cc54)[C@@H]3C2=O)sc2c1CCCC2. The molecular weight excluding hydrogens is 473 g/mol. The normalized spacial score (nSPS) is 28.6. The van der Waals surface area contributed by atoms with Crippen molar-refractivity contribution in [1.29, 1.82) is 5.26 Å². The van der Waals surface area contributed by atoms with Crippen molar-refractivity contribution in [3.8, 4) is 6.07 Å². The molecule has 1 aromatic carbocycles. The van der Waals surface area contributed by atoms with Crippen molar-refractivity contribution in [3.63, 3.8) is 0 Å². The number of carbonyl (C=O) groups excluding carboxylic acids is 4. The number of halogens is 1. The van der Waals surface area contributed by atoms with E-state index in [1.807, 2.05) is 0 Å². The van der Waals surface area contributed by atoms with Crippen LogP contribution in [0, 0.1) is 29.0 Å². The second-order valence-corrected chi connectivity index (χ2v) is 10.6. The van der Waals surface area contributed by atoms with Gasteiger partial charge in [-0.25, -0.2) is 9.29 Å². The number of thiophene rings is 1. The highest BCUT2D eigenvalue weighted by Gasteiger charge is 2.74. The zero-order valence-electron chi connectivity index (χ0n) is 18.5. The van der Waals surface area contributed by atoms with E-state index in [2.05, 4.69) is 11.4 Å². The van der Waals surface area contributed by atoms with E-state index in [0.29, 0.717) is 17.7 Å². The minimum Gasteiger partial charge on any atom is -0.369 e. The number of fused-ring (bicyclic) bond motifs is 5. The van der Waals surface area contributed by atoms with Gasteiger partial charge < -0.3 is 16.4 Å². The molecule has 1 spiro atoms. The summed E-state index contributed by atoms with van der Waals surface area (Å²) in [6.07, 6.45) is 3.13. The summed E-state index contributed by atoms with van der Waals surface area (Å²) in [6.45, 7) is 0. The van der Waals surface area contributed by atoms with Crippen LogP contribution in [0.5, 0.6) is 0 Å². The number of carbonyl (C=O) groups is 4. The molecule has 11 heteroatoms. The number of nitrogens with one attached hydrogen (secondary N) is 1. The lowest BCUT2D eigenvalue weighted by Gasteiger charge is -2.26. The van der Waals surface area contributed by atoms with Crippen molar-refractivity contribution in [3.05, 3.63) is 45.6 Å². The molecule has 4 heterocycles. The molecule has 0 saturated carbocycles. The molecule has 0 radical (unpaired) electrons. The molecule has 4 amide bonds. The molecule has 6 rings (SSSR count). The number of amides is 4. The Morgan fingerprint density at radius 2 is 2.06 bits per heavy atom. The van der Waals surface area contributed by atoms with Crippen molar-refractivity contribution in [2.24, 2.45) is 17.6 Å². The van der Waals surface area contributed by atoms with E-state index in [1.165, 1.54) is 34.9 Å². The Balaban J connectivity index is 1.53. The lowest BCUT2D eigenvalue weighted by atomic mass is 9.76. The van der Waals surface area contributed by atoms with Crippen molar-refractivity contribution >= 4 is 45.7 Å². The third-order valence-electron chi connectivity index (χ3n) is 7.74. The smallest absolute Gasteiger partial charge is 0.291 e. The largest absolute Gasteiger partial charge is 0.369 e. The minimum atomic E-state index is -1.62. The van der Waals surface area contributed by atoms with Gasteiger partial charge in [0.25, 0.3) is 5.91 Å². The molecule has 35 heavy (non-hydrogen) atoms. The summed E-state index contributed by atoms with van der Waals surface area (Å²) in [6, 6.07) is 5.20. The van der Waals surface area contributed by atoms with Gasteiger partial charge in [0.05, 0.1) is 17.7 Å². The van der Waals surface area contributed by atoms with Gasteiger partial charge in [-0.3, -0.25) is 19.2 Å². The highest BCUT2D eigenvalue weighted by atomic mass is 32.1. The van der Waals surface area contributed by atoms with Gasteiger partial charge in [-0.15, -0.1) is 11.3 Å². The van der Waals surface area contributed by atoms with E-state index >= 15 is 0 Å². The van der Waals surface area contributed by atoms with Gasteiger partial charge >= 0.3 is 0 Å². The molecule has 4 atom stereocenters. The van der Waals surface area contributed by atoms with E-state index in [9.17, 15) is 28.8 Å². The van der Waals surface area contributed by atoms with Crippen molar-refractivity contribution < 1.29 is 28.9 Å². The molecule has 3 aliphatic heterocycles. The van der Waals surface area contributed by atoms with E-state index in [4.69, 9.17) is 5.73 Å². The van der Waals surface area contributed by atoms with E-state index in [0.717, 1.165) is 34.6 Å². The number of nitrogens with two attached hydrogens (primary N) is 2. The summed E-state index contributed by atoms with van der Waals surface area (Å²) in [5.41, 5.74) is 5.65. The molecule has 2 fully saturated rings. The molecule has 178 valence electrons. The molecule has 2 aromatic rings. The standard InChI is InChI=1S/C24H20FN5O4S/c25-10-5-6-14-13(7-10)24(23(34)28-14)19-18(15(29-24)8-17(27)31)20(32)30(21(19)33)22-12(9-26)11-3-1-2-4-16(11)35-22/h5-7,15,18-19,29H,1-4,8H2,(H2,27,31)(H,28,34)/p+1/t15-,18+,19-,24+/m0/s1. The Labute approximate surface area is 203 Å². The molecule has 1 aromatic heterocycles. The van der Waals surface area contributed by atoms with Crippen molar-refractivity contribution in [1.82, 2.24) is 0 Å². The number of rotatable bonds is 3. The third-order valence-corrected chi connectivity index (χ3v) is 9.01. The zero-order chi connectivity index (χ0) is 24.6. The first kappa shape index (κ1) is 21.9.